The van der Waals surface area contributed by atoms with E-state index in [9.17, 15) is 4.39 Å². The molecule has 0 saturated carbocycles. The summed E-state index contributed by atoms with van der Waals surface area (Å²) in [5, 5.41) is 2.12. The van der Waals surface area contributed by atoms with Gasteiger partial charge in [-0.2, -0.15) is 4.98 Å². The summed E-state index contributed by atoms with van der Waals surface area (Å²) in [5.74, 6) is 1.39. The predicted octanol–water partition coefficient (Wildman–Crippen LogP) is 3.79. The number of ether oxygens (including phenoxy) is 1. The first-order valence-corrected chi connectivity index (χ1v) is 9.40. The Morgan fingerprint density at radius 3 is 2.58 bits per heavy atom. The minimum Gasteiger partial charge on any atom is -0.439 e. The van der Waals surface area contributed by atoms with Crippen molar-refractivity contribution in [1.29, 1.82) is 0 Å². The standard InChI is InChI=1S/C19H19FN4OS/c20-15-3-5-16(6-4-15)25-18-7-8-21-19(22-18)24-11-9-23(10-12-24)14-17-2-1-13-26-17/h1-8,13H,9-12,14H2. The van der Waals surface area contributed by atoms with E-state index in [1.54, 1.807) is 35.7 Å². The van der Waals surface area contributed by atoms with Crippen LogP contribution in [0.5, 0.6) is 11.6 Å². The molecule has 4 rings (SSSR count). The molecule has 0 radical (unpaired) electrons. The van der Waals surface area contributed by atoms with E-state index in [1.165, 1.54) is 17.0 Å². The quantitative estimate of drug-likeness (QED) is 0.683. The first kappa shape index (κ1) is 16.9. The van der Waals surface area contributed by atoms with Crippen LogP contribution in [0.15, 0.2) is 54.0 Å². The van der Waals surface area contributed by atoms with E-state index in [0.29, 0.717) is 17.6 Å². The largest absolute Gasteiger partial charge is 0.439 e. The molecule has 0 bridgehead atoms. The molecule has 134 valence electrons. The highest BCUT2D eigenvalue weighted by Gasteiger charge is 2.19. The van der Waals surface area contributed by atoms with E-state index in [1.807, 2.05) is 0 Å². The fraction of sp³-hybridized carbons (Fsp3) is 0.263. The Bertz CT molecular complexity index is 833. The van der Waals surface area contributed by atoms with Crippen molar-refractivity contribution in [3.05, 3.63) is 64.7 Å². The second-order valence-electron chi connectivity index (χ2n) is 6.09. The van der Waals surface area contributed by atoms with Crippen LogP contribution in [-0.2, 0) is 6.54 Å². The second kappa shape index (κ2) is 7.80. The van der Waals surface area contributed by atoms with Crippen molar-refractivity contribution in [3.63, 3.8) is 0 Å². The van der Waals surface area contributed by atoms with Gasteiger partial charge in [0, 0.05) is 49.9 Å². The average molecular weight is 370 g/mol. The van der Waals surface area contributed by atoms with E-state index in [0.717, 1.165) is 32.7 Å². The highest BCUT2D eigenvalue weighted by Crippen LogP contribution is 2.22. The summed E-state index contributed by atoms with van der Waals surface area (Å²) in [6, 6.07) is 11.9. The summed E-state index contributed by atoms with van der Waals surface area (Å²) in [7, 11) is 0. The van der Waals surface area contributed by atoms with Gasteiger partial charge in [-0.3, -0.25) is 4.90 Å². The fourth-order valence-corrected chi connectivity index (χ4v) is 3.64. The molecule has 1 aromatic carbocycles. The summed E-state index contributed by atoms with van der Waals surface area (Å²) < 4.78 is 18.7. The van der Waals surface area contributed by atoms with E-state index in [2.05, 4.69) is 37.3 Å². The second-order valence-corrected chi connectivity index (χ2v) is 7.13. The van der Waals surface area contributed by atoms with Crippen molar-refractivity contribution in [2.75, 3.05) is 31.1 Å². The number of nitrogens with zero attached hydrogens (tertiary/aromatic N) is 4. The molecule has 1 saturated heterocycles. The van der Waals surface area contributed by atoms with Crippen molar-refractivity contribution in [2.24, 2.45) is 0 Å². The molecule has 7 heteroatoms. The molecule has 5 nitrogen and oxygen atoms in total. The number of hydrogen-bond acceptors (Lipinski definition) is 6. The third kappa shape index (κ3) is 4.17. The number of thiophene rings is 1. The van der Waals surface area contributed by atoms with Crippen molar-refractivity contribution < 1.29 is 9.13 Å². The monoisotopic (exact) mass is 370 g/mol. The zero-order valence-corrected chi connectivity index (χ0v) is 15.0. The van der Waals surface area contributed by atoms with Gasteiger partial charge in [0.15, 0.2) is 0 Å². The molecular weight excluding hydrogens is 351 g/mol. The minimum atomic E-state index is -0.291. The van der Waals surface area contributed by atoms with Gasteiger partial charge < -0.3 is 9.64 Å². The van der Waals surface area contributed by atoms with Gasteiger partial charge in [0.05, 0.1) is 0 Å². The number of aromatic nitrogens is 2. The number of anilines is 1. The third-order valence-corrected chi connectivity index (χ3v) is 5.13. The number of rotatable bonds is 5. The summed E-state index contributed by atoms with van der Waals surface area (Å²) in [4.78, 5) is 14.9. The molecule has 3 heterocycles. The van der Waals surface area contributed by atoms with E-state index < -0.39 is 0 Å². The maximum Gasteiger partial charge on any atom is 0.228 e. The lowest BCUT2D eigenvalue weighted by Crippen LogP contribution is -2.46. The van der Waals surface area contributed by atoms with Gasteiger partial charge in [0.1, 0.15) is 11.6 Å². The Kier molecular flexibility index (Phi) is 5.08. The Balaban J connectivity index is 1.37. The van der Waals surface area contributed by atoms with Gasteiger partial charge in [-0.1, -0.05) is 6.07 Å². The molecule has 1 fully saturated rings. The van der Waals surface area contributed by atoms with Crippen LogP contribution in [0.3, 0.4) is 0 Å². The third-order valence-electron chi connectivity index (χ3n) is 4.27. The first-order valence-electron chi connectivity index (χ1n) is 8.52. The number of piperazine rings is 1. The lowest BCUT2D eigenvalue weighted by Gasteiger charge is -2.34. The molecule has 0 amide bonds. The van der Waals surface area contributed by atoms with Crippen molar-refractivity contribution in [3.8, 4) is 11.6 Å². The van der Waals surface area contributed by atoms with Crippen LogP contribution in [0, 0.1) is 5.82 Å². The molecular formula is C19H19FN4OS. The lowest BCUT2D eigenvalue weighted by molar-refractivity contribution is 0.250. The molecule has 0 spiro atoms. The molecule has 0 unspecified atom stereocenters. The van der Waals surface area contributed by atoms with Gasteiger partial charge in [-0.25, -0.2) is 9.37 Å². The van der Waals surface area contributed by atoms with Crippen LogP contribution in [0.1, 0.15) is 4.88 Å². The number of hydrogen-bond donors (Lipinski definition) is 0. The lowest BCUT2D eigenvalue weighted by atomic mass is 10.3. The Morgan fingerprint density at radius 1 is 1.04 bits per heavy atom. The van der Waals surface area contributed by atoms with E-state index >= 15 is 0 Å². The van der Waals surface area contributed by atoms with Crippen LogP contribution in [0.25, 0.3) is 0 Å². The van der Waals surface area contributed by atoms with Crippen LogP contribution in [0.4, 0.5) is 10.3 Å². The minimum absolute atomic E-state index is 0.291. The van der Waals surface area contributed by atoms with Crippen molar-refractivity contribution in [2.45, 2.75) is 6.54 Å². The van der Waals surface area contributed by atoms with Gasteiger partial charge in [0.25, 0.3) is 0 Å². The number of benzene rings is 1. The first-order chi connectivity index (χ1) is 12.8. The zero-order chi connectivity index (χ0) is 17.8. The Morgan fingerprint density at radius 2 is 1.85 bits per heavy atom. The summed E-state index contributed by atoms with van der Waals surface area (Å²) in [6.45, 7) is 4.71. The zero-order valence-electron chi connectivity index (χ0n) is 14.2. The highest BCUT2D eigenvalue weighted by molar-refractivity contribution is 7.09. The highest BCUT2D eigenvalue weighted by atomic mass is 32.1. The Labute approximate surface area is 155 Å². The predicted molar refractivity (Wildman–Crippen MR) is 100 cm³/mol. The summed E-state index contributed by atoms with van der Waals surface area (Å²) in [6.07, 6.45) is 1.69. The molecule has 1 aliphatic rings. The van der Waals surface area contributed by atoms with Crippen LogP contribution < -0.4 is 9.64 Å². The SMILES string of the molecule is Fc1ccc(Oc2ccnc(N3CCN(Cc4cccs4)CC3)n2)cc1. The van der Waals surface area contributed by atoms with E-state index in [4.69, 9.17) is 4.74 Å². The molecule has 0 aliphatic carbocycles. The normalized spacial score (nSPS) is 15.2. The molecule has 1 aliphatic heterocycles. The number of halogens is 1. The van der Waals surface area contributed by atoms with Gasteiger partial charge >= 0.3 is 0 Å². The fourth-order valence-electron chi connectivity index (χ4n) is 2.89. The molecule has 3 aromatic rings. The molecule has 26 heavy (non-hydrogen) atoms. The van der Waals surface area contributed by atoms with Crippen molar-refractivity contribution >= 4 is 17.3 Å². The van der Waals surface area contributed by atoms with Gasteiger partial charge in [0.2, 0.25) is 11.8 Å². The van der Waals surface area contributed by atoms with Crippen molar-refractivity contribution in [1.82, 2.24) is 14.9 Å². The van der Waals surface area contributed by atoms with Gasteiger partial charge in [-0.05, 0) is 35.7 Å². The van der Waals surface area contributed by atoms with Crippen LogP contribution in [0.2, 0.25) is 0 Å². The molecule has 0 N–H and O–H groups in total. The Hall–Kier alpha value is -2.51. The van der Waals surface area contributed by atoms with Gasteiger partial charge in [-0.15, -0.1) is 11.3 Å². The average Bonchev–Trinajstić information content (AvgIpc) is 3.18. The maximum atomic E-state index is 13.0. The maximum absolute atomic E-state index is 13.0. The van der Waals surface area contributed by atoms with E-state index in [-0.39, 0.29) is 5.82 Å². The van der Waals surface area contributed by atoms with Crippen LogP contribution in [-0.4, -0.2) is 41.0 Å². The molecule has 2 aromatic heterocycles. The topological polar surface area (TPSA) is 41.5 Å². The molecule has 0 atom stereocenters. The summed E-state index contributed by atoms with van der Waals surface area (Å²) >= 11 is 1.80. The smallest absolute Gasteiger partial charge is 0.228 e. The summed E-state index contributed by atoms with van der Waals surface area (Å²) in [5.41, 5.74) is 0. The van der Waals surface area contributed by atoms with Crippen LogP contribution >= 0.6 is 11.3 Å².